The Morgan fingerprint density at radius 2 is 2.03 bits per heavy atom. The Hall–Kier alpha value is -2.19. The van der Waals surface area contributed by atoms with Gasteiger partial charge in [0.05, 0.1) is 31.3 Å². The maximum absolute atomic E-state index is 13.8. The molecular weight excluding hydrogens is 412 g/mol. The van der Waals surface area contributed by atoms with Crippen LogP contribution < -0.4 is 0 Å². The second-order valence-corrected chi connectivity index (χ2v) is 9.25. The number of nitrogens with zero attached hydrogens (tertiary/aromatic N) is 2. The van der Waals surface area contributed by atoms with Gasteiger partial charge in [-0.15, -0.1) is 0 Å². The van der Waals surface area contributed by atoms with Crippen molar-refractivity contribution in [1.29, 1.82) is 0 Å². The molecule has 2 fully saturated rings. The molecule has 176 valence electrons. The zero-order valence-corrected chi connectivity index (χ0v) is 18.9. The first-order chi connectivity index (χ1) is 15.5. The number of unbranched alkanes of at least 4 members (excludes halogenated alkanes) is 2. The van der Waals surface area contributed by atoms with E-state index in [1.807, 2.05) is 24.3 Å². The van der Waals surface area contributed by atoms with Crippen molar-refractivity contribution in [3.05, 3.63) is 24.3 Å². The van der Waals surface area contributed by atoms with Gasteiger partial charge in [-0.3, -0.25) is 14.4 Å². The Morgan fingerprint density at radius 3 is 2.78 bits per heavy atom. The van der Waals surface area contributed by atoms with Crippen LogP contribution in [0.4, 0.5) is 0 Å². The molecule has 8 heteroatoms. The number of carbonyl (C=O) groups is 3. The zero-order chi connectivity index (χ0) is 22.9. The number of aliphatic hydroxyl groups is 1. The number of carbonyl (C=O) groups excluding carboxylic acids is 3. The first-order valence-electron chi connectivity index (χ1n) is 11.9. The molecule has 0 aromatic rings. The lowest BCUT2D eigenvalue weighted by atomic mass is 9.78. The summed E-state index contributed by atoms with van der Waals surface area (Å²) in [5.74, 6) is -2.66. The Bertz CT molecular complexity index is 810. The second kappa shape index (κ2) is 9.35. The Morgan fingerprint density at radius 1 is 1.22 bits per heavy atom. The van der Waals surface area contributed by atoms with Crippen LogP contribution in [-0.2, 0) is 23.9 Å². The first-order valence-corrected chi connectivity index (χ1v) is 11.9. The number of amides is 2. The van der Waals surface area contributed by atoms with Crippen LogP contribution in [0.25, 0.3) is 0 Å². The van der Waals surface area contributed by atoms with E-state index in [4.69, 9.17) is 9.47 Å². The lowest BCUT2D eigenvalue weighted by Gasteiger charge is -2.37. The third-order valence-electron chi connectivity index (χ3n) is 7.14. The van der Waals surface area contributed by atoms with Gasteiger partial charge in [0.15, 0.2) is 0 Å². The van der Waals surface area contributed by atoms with E-state index in [-0.39, 0.29) is 18.4 Å². The molecule has 4 aliphatic heterocycles. The van der Waals surface area contributed by atoms with Crippen molar-refractivity contribution in [1.82, 2.24) is 9.80 Å². The van der Waals surface area contributed by atoms with E-state index in [0.29, 0.717) is 26.1 Å². The summed E-state index contributed by atoms with van der Waals surface area (Å²) >= 11 is 0. The summed E-state index contributed by atoms with van der Waals surface area (Å²) in [6, 6.07) is -1.49. The van der Waals surface area contributed by atoms with Crippen LogP contribution in [-0.4, -0.2) is 82.8 Å². The summed E-state index contributed by atoms with van der Waals surface area (Å²) in [7, 11) is 0. The van der Waals surface area contributed by atoms with E-state index in [9.17, 15) is 19.5 Å². The van der Waals surface area contributed by atoms with Gasteiger partial charge in [0, 0.05) is 13.1 Å². The number of fused-ring (bicyclic) bond motifs is 2. The number of cyclic esters (lactones) is 1. The SMILES string of the molecule is CCCCCN1CC=C[C@]23O[C@H]4/C=C\CCCOC(=O)[C@H]4[C@H]2C(=O)N([C@H](C)CO)C3C1=O. The van der Waals surface area contributed by atoms with Crippen LogP contribution in [0.5, 0.6) is 0 Å². The molecule has 1 N–H and O–H groups in total. The van der Waals surface area contributed by atoms with Gasteiger partial charge in [-0.1, -0.05) is 44.1 Å². The summed E-state index contributed by atoms with van der Waals surface area (Å²) in [4.78, 5) is 43.8. The third-order valence-corrected chi connectivity index (χ3v) is 7.14. The van der Waals surface area contributed by atoms with Crippen molar-refractivity contribution in [3.8, 4) is 0 Å². The lowest BCUT2D eigenvalue weighted by Crippen LogP contribution is -2.57. The van der Waals surface area contributed by atoms with E-state index in [1.165, 1.54) is 4.90 Å². The maximum Gasteiger partial charge on any atom is 0.312 e. The number of ether oxygens (including phenoxy) is 2. The molecule has 0 radical (unpaired) electrons. The third kappa shape index (κ3) is 3.67. The summed E-state index contributed by atoms with van der Waals surface area (Å²) in [5, 5.41) is 9.88. The van der Waals surface area contributed by atoms with E-state index in [1.54, 1.807) is 11.8 Å². The van der Waals surface area contributed by atoms with Gasteiger partial charge in [0.25, 0.3) is 0 Å². The molecule has 6 atom stereocenters. The van der Waals surface area contributed by atoms with E-state index in [2.05, 4.69) is 6.92 Å². The van der Waals surface area contributed by atoms with Crippen molar-refractivity contribution in [2.45, 2.75) is 69.7 Å². The zero-order valence-electron chi connectivity index (χ0n) is 18.9. The minimum atomic E-state index is -1.25. The number of allylic oxidation sites excluding steroid dienone is 1. The van der Waals surface area contributed by atoms with Gasteiger partial charge < -0.3 is 24.4 Å². The lowest BCUT2D eigenvalue weighted by molar-refractivity contribution is -0.156. The smallest absolute Gasteiger partial charge is 0.312 e. The molecule has 0 bridgehead atoms. The highest BCUT2D eigenvalue weighted by molar-refractivity contribution is 5.99. The quantitative estimate of drug-likeness (QED) is 0.377. The van der Waals surface area contributed by atoms with E-state index in [0.717, 1.165) is 25.7 Å². The average molecular weight is 447 g/mol. The number of likely N-dealkylation sites (tertiary alicyclic amines) is 1. The predicted molar refractivity (Wildman–Crippen MR) is 116 cm³/mol. The van der Waals surface area contributed by atoms with Crippen LogP contribution in [0, 0.1) is 11.8 Å². The number of hydrogen-bond donors (Lipinski definition) is 1. The molecule has 4 aliphatic rings. The van der Waals surface area contributed by atoms with Crippen molar-refractivity contribution in [2.24, 2.45) is 11.8 Å². The summed E-state index contributed by atoms with van der Waals surface area (Å²) in [5.41, 5.74) is -1.25. The molecule has 0 aliphatic carbocycles. The minimum Gasteiger partial charge on any atom is -0.465 e. The molecule has 0 saturated carbocycles. The fourth-order valence-corrected chi connectivity index (χ4v) is 5.56. The van der Waals surface area contributed by atoms with Crippen molar-refractivity contribution in [2.75, 3.05) is 26.3 Å². The highest BCUT2D eigenvalue weighted by Gasteiger charge is 2.72. The molecule has 4 rings (SSSR count). The van der Waals surface area contributed by atoms with Gasteiger partial charge in [-0.25, -0.2) is 0 Å². The number of hydrogen-bond acceptors (Lipinski definition) is 6. The average Bonchev–Trinajstić information content (AvgIpc) is 3.20. The molecule has 4 heterocycles. The van der Waals surface area contributed by atoms with E-state index < -0.39 is 41.6 Å². The topological polar surface area (TPSA) is 96.4 Å². The normalized spacial score (nSPS) is 36.4. The van der Waals surface area contributed by atoms with Gasteiger partial charge >= 0.3 is 5.97 Å². The van der Waals surface area contributed by atoms with Crippen LogP contribution in [0.1, 0.15) is 46.0 Å². The van der Waals surface area contributed by atoms with Crippen molar-refractivity contribution in [3.63, 3.8) is 0 Å². The van der Waals surface area contributed by atoms with Gasteiger partial charge in [0.2, 0.25) is 11.8 Å². The van der Waals surface area contributed by atoms with E-state index >= 15 is 0 Å². The molecule has 1 spiro atoms. The fraction of sp³-hybridized carbons (Fsp3) is 0.708. The largest absolute Gasteiger partial charge is 0.465 e. The molecule has 32 heavy (non-hydrogen) atoms. The minimum absolute atomic E-state index is 0.189. The molecule has 8 nitrogen and oxygen atoms in total. The van der Waals surface area contributed by atoms with Crippen LogP contribution >= 0.6 is 0 Å². The fourth-order valence-electron chi connectivity index (χ4n) is 5.56. The number of rotatable bonds is 6. The Labute approximate surface area is 189 Å². The summed E-state index contributed by atoms with van der Waals surface area (Å²) in [6.45, 7) is 4.87. The molecule has 2 amide bonds. The highest BCUT2D eigenvalue weighted by Crippen LogP contribution is 2.53. The maximum atomic E-state index is 13.8. The Balaban J connectivity index is 1.77. The predicted octanol–water partition coefficient (Wildman–Crippen LogP) is 1.43. The summed E-state index contributed by atoms with van der Waals surface area (Å²) < 4.78 is 12.0. The van der Waals surface area contributed by atoms with Crippen molar-refractivity contribution >= 4 is 17.8 Å². The monoisotopic (exact) mass is 446 g/mol. The molecule has 0 aromatic carbocycles. The van der Waals surface area contributed by atoms with Gasteiger partial charge in [-0.2, -0.15) is 0 Å². The van der Waals surface area contributed by atoms with Crippen LogP contribution in [0.15, 0.2) is 24.3 Å². The standard InChI is InChI=1S/C24H34N2O6/c1-3-4-7-12-25-13-9-11-24-19(21(28)26(16(2)15-27)20(24)22(25)29)18-17(32-24)10-6-5-8-14-31-23(18)30/h6,9-11,16-20,27H,3-5,7-8,12-15H2,1-2H3/b10-6-/t16-,17+,18-,19+,20?,24+/m1/s1. The second-order valence-electron chi connectivity index (χ2n) is 9.25. The highest BCUT2D eigenvalue weighted by atomic mass is 16.6. The van der Waals surface area contributed by atoms with Gasteiger partial charge in [0.1, 0.15) is 17.6 Å². The number of aliphatic hydroxyl groups excluding tert-OH is 1. The van der Waals surface area contributed by atoms with Crippen LogP contribution in [0.2, 0.25) is 0 Å². The van der Waals surface area contributed by atoms with Crippen LogP contribution in [0.3, 0.4) is 0 Å². The van der Waals surface area contributed by atoms with Crippen molar-refractivity contribution < 1.29 is 29.0 Å². The molecular formula is C24H34N2O6. The molecule has 1 unspecified atom stereocenters. The number of esters is 1. The molecule has 2 saturated heterocycles. The molecule has 0 aromatic heterocycles. The summed E-state index contributed by atoms with van der Waals surface area (Å²) in [6.07, 6.45) is 11.3. The first kappa shape index (κ1) is 23.0. The van der Waals surface area contributed by atoms with Gasteiger partial charge in [-0.05, 0) is 26.2 Å². The Kier molecular flexibility index (Phi) is 6.72.